The largest absolute Gasteiger partial charge is 0.344 e. The van der Waals surface area contributed by atoms with E-state index in [9.17, 15) is 9.59 Å². The number of hydrogen-bond donors (Lipinski definition) is 0. The number of amides is 2. The molecule has 4 nitrogen and oxygen atoms in total. The summed E-state index contributed by atoms with van der Waals surface area (Å²) in [4.78, 5) is 29.2. The van der Waals surface area contributed by atoms with E-state index in [2.05, 4.69) is 0 Å². The fourth-order valence-corrected chi connectivity index (χ4v) is 5.35. The highest BCUT2D eigenvalue weighted by Gasteiger charge is 2.39. The molecule has 3 fully saturated rings. The van der Waals surface area contributed by atoms with Crippen LogP contribution in [0.2, 0.25) is 0 Å². The zero-order chi connectivity index (χ0) is 15.5. The van der Waals surface area contributed by atoms with Crippen molar-refractivity contribution >= 4 is 23.6 Å². The summed E-state index contributed by atoms with van der Waals surface area (Å²) >= 11 is 1.72. The van der Waals surface area contributed by atoms with Gasteiger partial charge in [0, 0.05) is 25.3 Å². The molecule has 0 N–H and O–H groups in total. The first-order valence-corrected chi connectivity index (χ1v) is 9.95. The number of carbonyl (C=O) groups excluding carboxylic acids is 2. The van der Waals surface area contributed by atoms with Crippen LogP contribution >= 0.6 is 11.8 Å². The number of thioether (sulfide) groups is 1. The van der Waals surface area contributed by atoms with Crippen LogP contribution in [0.3, 0.4) is 0 Å². The van der Waals surface area contributed by atoms with Crippen LogP contribution in [0.15, 0.2) is 0 Å². The number of rotatable bonds is 4. The van der Waals surface area contributed by atoms with Crippen molar-refractivity contribution in [2.24, 2.45) is 11.8 Å². The molecule has 0 aromatic carbocycles. The summed E-state index contributed by atoms with van der Waals surface area (Å²) in [6, 6.07) is -0.218. The fourth-order valence-electron chi connectivity index (χ4n) is 4.20. The third-order valence-electron chi connectivity index (χ3n) is 5.54. The van der Waals surface area contributed by atoms with Crippen molar-refractivity contribution in [3.63, 3.8) is 0 Å². The highest BCUT2D eigenvalue weighted by atomic mass is 32.2. The van der Waals surface area contributed by atoms with Crippen molar-refractivity contribution < 1.29 is 9.59 Å². The summed E-state index contributed by atoms with van der Waals surface area (Å²) < 4.78 is 0. The van der Waals surface area contributed by atoms with Crippen LogP contribution in [-0.4, -0.2) is 52.9 Å². The lowest BCUT2D eigenvalue weighted by molar-refractivity contribution is -0.145. The maximum Gasteiger partial charge on any atom is 0.246 e. The maximum atomic E-state index is 12.8. The Kier molecular flexibility index (Phi) is 5.32. The highest BCUT2D eigenvalue weighted by molar-refractivity contribution is 7.99. The molecule has 0 spiro atoms. The van der Waals surface area contributed by atoms with Gasteiger partial charge in [0.15, 0.2) is 0 Å². The van der Waals surface area contributed by atoms with Gasteiger partial charge >= 0.3 is 0 Å². The smallest absolute Gasteiger partial charge is 0.246 e. The minimum atomic E-state index is -0.218. The van der Waals surface area contributed by atoms with E-state index < -0.39 is 0 Å². The van der Waals surface area contributed by atoms with Crippen molar-refractivity contribution in [2.45, 2.75) is 57.4 Å². The molecule has 22 heavy (non-hydrogen) atoms. The molecule has 124 valence electrons. The summed E-state index contributed by atoms with van der Waals surface area (Å²) in [7, 11) is 1.92. The van der Waals surface area contributed by atoms with E-state index in [4.69, 9.17) is 0 Å². The molecular weight excluding hydrogens is 296 g/mol. The highest BCUT2D eigenvalue weighted by Crippen LogP contribution is 2.32. The van der Waals surface area contributed by atoms with Crippen LogP contribution < -0.4 is 0 Å². The molecule has 1 saturated heterocycles. The second-order valence-corrected chi connectivity index (χ2v) is 8.17. The van der Waals surface area contributed by atoms with Crippen LogP contribution in [-0.2, 0) is 9.59 Å². The zero-order valence-electron chi connectivity index (χ0n) is 13.6. The molecule has 1 heterocycles. The van der Waals surface area contributed by atoms with Crippen LogP contribution in [0.5, 0.6) is 0 Å². The van der Waals surface area contributed by atoms with Crippen molar-refractivity contribution in [3.8, 4) is 0 Å². The predicted molar refractivity (Wildman–Crippen MR) is 89.5 cm³/mol. The van der Waals surface area contributed by atoms with Crippen LogP contribution in [0.4, 0.5) is 0 Å². The molecule has 0 aromatic heterocycles. The Balaban J connectivity index is 1.58. The second kappa shape index (κ2) is 7.24. The molecule has 2 saturated carbocycles. The standard InChI is InChI=1S/C17H28N2O2S/c1-18(10-13-6-2-3-7-13)17(21)15-11-22-12-19(15)16(20)14-8-4-5-9-14/h13-15H,2-12H2,1H3. The van der Waals surface area contributed by atoms with E-state index in [0.29, 0.717) is 11.8 Å². The third kappa shape index (κ3) is 3.44. The Morgan fingerprint density at radius 2 is 1.73 bits per heavy atom. The molecule has 1 atom stereocenters. The summed E-state index contributed by atoms with van der Waals surface area (Å²) in [5, 5.41) is 0. The van der Waals surface area contributed by atoms with Gasteiger partial charge in [-0.1, -0.05) is 25.7 Å². The van der Waals surface area contributed by atoms with Crippen LogP contribution in [0.1, 0.15) is 51.4 Å². The predicted octanol–water partition coefficient (Wildman–Crippen LogP) is 2.73. The topological polar surface area (TPSA) is 40.6 Å². The number of likely N-dealkylation sites (N-methyl/N-ethyl adjacent to an activating group) is 1. The number of hydrogen-bond acceptors (Lipinski definition) is 3. The molecule has 3 aliphatic rings. The Morgan fingerprint density at radius 3 is 2.41 bits per heavy atom. The Hall–Kier alpha value is -0.710. The first-order valence-electron chi connectivity index (χ1n) is 8.80. The van der Waals surface area contributed by atoms with E-state index in [0.717, 1.165) is 38.0 Å². The Labute approximate surface area is 138 Å². The minimum absolute atomic E-state index is 0.156. The fraction of sp³-hybridized carbons (Fsp3) is 0.882. The SMILES string of the molecule is CN(CC1CCCC1)C(=O)C1CSCN1C(=O)C1CCCC1. The minimum Gasteiger partial charge on any atom is -0.344 e. The number of nitrogens with zero attached hydrogens (tertiary/aromatic N) is 2. The first kappa shape index (κ1) is 16.2. The van der Waals surface area contributed by atoms with Crippen molar-refractivity contribution in [2.75, 3.05) is 25.2 Å². The van der Waals surface area contributed by atoms with Gasteiger partial charge in [0.1, 0.15) is 6.04 Å². The summed E-state index contributed by atoms with van der Waals surface area (Å²) in [5.74, 6) is 2.70. The molecule has 0 aromatic rings. The Morgan fingerprint density at radius 1 is 1.09 bits per heavy atom. The third-order valence-corrected chi connectivity index (χ3v) is 6.55. The second-order valence-electron chi connectivity index (χ2n) is 7.17. The van der Waals surface area contributed by atoms with E-state index in [1.165, 1.54) is 25.7 Å². The van der Waals surface area contributed by atoms with E-state index in [1.54, 1.807) is 11.8 Å². The van der Waals surface area contributed by atoms with Gasteiger partial charge in [-0.3, -0.25) is 9.59 Å². The van der Waals surface area contributed by atoms with Gasteiger partial charge in [0.2, 0.25) is 11.8 Å². The van der Waals surface area contributed by atoms with E-state index in [1.807, 2.05) is 16.8 Å². The summed E-state index contributed by atoms with van der Waals surface area (Å²) in [6.45, 7) is 0.867. The molecular formula is C17H28N2O2S. The van der Waals surface area contributed by atoms with Crippen molar-refractivity contribution in [1.29, 1.82) is 0 Å². The van der Waals surface area contributed by atoms with Crippen LogP contribution in [0.25, 0.3) is 0 Å². The van der Waals surface area contributed by atoms with Crippen molar-refractivity contribution in [1.82, 2.24) is 9.80 Å². The van der Waals surface area contributed by atoms with Gasteiger partial charge in [0.25, 0.3) is 0 Å². The van der Waals surface area contributed by atoms with Gasteiger partial charge in [0.05, 0.1) is 5.88 Å². The lowest BCUT2D eigenvalue weighted by Gasteiger charge is -2.30. The van der Waals surface area contributed by atoms with Crippen molar-refractivity contribution in [3.05, 3.63) is 0 Å². The summed E-state index contributed by atoms with van der Waals surface area (Å²) in [6.07, 6.45) is 9.47. The summed E-state index contributed by atoms with van der Waals surface area (Å²) in [5.41, 5.74) is 0. The monoisotopic (exact) mass is 324 g/mol. The van der Waals surface area contributed by atoms with Gasteiger partial charge in [-0.05, 0) is 31.6 Å². The molecule has 2 amide bonds. The van der Waals surface area contributed by atoms with E-state index >= 15 is 0 Å². The maximum absolute atomic E-state index is 12.8. The van der Waals surface area contributed by atoms with Crippen LogP contribution in [0, 0.1) is 11.8 Å². The molecule has 5 heteroatoms. The Bertz CT molecular complexity index is 417. The molecule has 1 aliphatic heterocycles. The molecule has 3 rings (SSSR count). The quantitative estimate of drug-likeness (QED) is 0.798. The van der Waals surface area contributed by atoms with Gasteiger partial charge in [-0.2, -0.15) is 0 Å². The number of carbonyl (C=O) groups is 2. The normalized spacial score (nSPS) is 26.8. The molecule has 0 bridgehead atoms. The lowest BCUT2D eigenvalue weighted by atomic mass is 10.1. The van der Waals surface area contributed by atoms with Gasteiger partial charge in [-0.15, -0.1) is 11.8 Å². The molecule has 1 unspecified atom stereocenters. The average molecular weight is 324 g/mol. The van der Waals surface area contributed by atoms with Gasteiger partial charge in [-0.25, -0.2) is 0 Å². The first-order chi connectivity index (χ1) is 10.7. The van der Waals surface area contributed by atoms with E-state index in [-0.39, 0.29) is 23.8 Å². The average Bonchev–Trinajstić information content (AvgIpc) is 3.26. The lowest BCUT2D eigenvalue weighted by Crippen LogP contribution is -2.50. The zero-order valence-corrected chi connectivity index (χ0v) is 14.4. The molecule has 2 aliphatic carbocycles. The molecule has 0 radical (unpaired) electrons. The van der Waals surface area contributed by atoms with Gasteiger partial charge < -0.3 is 9.80 Å².